The second kappa shape index (κ2) is 9.02. The van der Waals surface area contributed by atoms with Gasteiger partial charge >= 0.3 is 5.97 Å². The first-order valence-corrected chi connectivity index (χ1v) is 11.9. The molecule has 4 rings (SSSR count). The number of hydrogen-bond acceptors (Lipinski definition) is 6. The van der Waals surface area contributed by atoms with Crippen molar-refractivity contribution < 1.29 is 19.2 Å². The molecule has 1 amide bonds. The third-order valence-electron chi connectivity index (χ3n) is 6.46. The summed E-state index contributed by atoms with van der Waals surface area (Å²) in [7, 11) is 0. The van der Waals surface area contributed by atoms with E-state index in [9.17, 15) is 19.7 Å². The summed E-state index contributed by atoms with van der Waals surface area (Å²) in [5.41, 5.74) is 1.09. The Balaban J connectivity index is 1.49. The molecule has 31 heavy (non-hydrogen) atoms. The number of rotatable bonds is 7. The zero-order chi connectivity index (χ0) is 22.1. The molecule has 1 aromatic carbocycles. The van der Waals surface area contributed by atoms with Gasteiger partial charge in [0, 0.05) is 28.7 Å². The zero-order valence-corrected chi connectivity index (χ0v) is 18.7. The summed E-state index contributed by atoms with van der Waals surface area (Å²) in [5.74, 6) is -0.261. The summed E-state index contributed by atoms with van der Waals surface area (Å²) in [4.78, 5) is 38.9. The number of amides is 1. The van der Waals surface area contributed by atoms with Gasteiger partial charge in [0.2, 0.25) is 5.91 Å². The topological polar surface area (TPSA) is 89.8 Å². The van der Waals surface area contributed by atoms with Gasteiger partial charge in [0.05, 0.1) is 16.9 Å². The van der Waals surface area contributed by atoms with Gasteiger partial charge in [0.15, 0.2) is 0 Å². The van der Waals surface area contributed by atoms with Crippen LogP contribution in [0.2, 0.25) is 0 Å². The number of nitro groups is 1. The van der Waals surface area contributed by atoms with Crippen LogP contribution in [0.25, 0.3) is 0 Å². The van der Waals surface area contributed by atoms with Crippen LogP contribution >= 0.6 is 11.8 Å². The van der Waals surface area contributed by atoms with E-state index in [4.69, 9.17) is 4.74 Å². The Hall–Kier alpha value is -2.35. The maximum Gasteiger partial charge on any atom is 0.356 e. The van der Waals surface area contributed by atoms with Crippen LogP contribution in [0.5, 0.6) is 0 Å². The molecule has 8 heteroatoms. The molecule has 0 aromatic heterocycles. The van der Waals surface area contributed by atoms with Crippen molar-refractivity contribution in [2.75, 3.05) is 0 Å². The Morgan fingerprint density at radius 2 is 1.90 bits per heavy atom. The van der Waals surface area contributed by atoms with Crippen molar-refractivity contribution in [2.24, 2.45) is 11.8 Å². The van der Waals surface area contributed by atoms with Crippen molar-refractivity contribution in [3.8, 4) is 0 Å². The lowest BCUT2D eigenvalue weighted by Gasteiger charge is -2.45. The molecule has 2 atom stereocenters. The number of benzene rings is 1. The lowest BCUT2D eigenvalue weighted by molar-refractivity contribution is -0.384. The molecule has 1 aromatic rings. The number of ether oxygens (including phenoxy) is 1. The van der Waals surface area contributed by atoms with Gasteiger partial charge in [-0.3, -0.25) is 14.9 Å². The largest absolute Gasteiger partial charge is 0.456 e. The first kappa shape index (κ1) is 21.9. The van der Waals surface area contributed by atoms with E-state index in [0.717, 1.165) is 24.2 Å². The van der Waals surface area contributed by atoms with E-state index < -0.39 is 10.9 Å². The number of nitro benzene ring substituents is 1. The monoisotopic (exact) mass is 444 g/mol. The maximum absolute atomic E-state index is 13.1. The van der Waals surface area contributed by atoms with E-state index >= 15 is 0 Å². The highest BCUT2D eigenvalue weighted by Gasteiger charge is 2.56. The van der Waals surface area contributed by atoms with Crippen LogP contribution in [0, 0.1) is 22.0 Å². The number of thioether (sulfide) groups is 1. The van der Waals surface area contributed by atoms with Crippen LogP contribution < -0.4 is 0 Å². The van der Waals surface area contributed by atoms with Gasteiger partial charge in [-0.25, -0.2) is 4.79 Å². The van der Waals surface area contributed by atoms with E-state index in [1.165, 1.54) is 31.4 Å². The third-order valence-corrected chi connectivity index (χ3v) is 7.91. The lowest BCUT2D eigenvalue weighted by Crippen LogP contribution is -2.60. The summed E-state index contributed by atoms with van der Waals surface area (Å²) in [6, 6.07) is 6.01. The van der Waals surface area contributed by atoms with Gasteiger partial charge in [-0.1, -0.05) is 33.1 Å². The first-order chi connectivity index (χ1) is 14.9. The number of carbonyl (C=O) groups excluding carboxylic acids is 2. The van der Waals surface area contributed by atoms with Crippen molar-refractivity contribution in [1.82, 2.24) is 4.90 Å². The van der Waals surface area contributed by atoms with Gasteiger partial charge in [0.1, 0.15) is 12.3 Å². The average molecular weight is 445 g/mol. The van der Waals surface area contributed by atoms with Crippen LogP contribution in [0.1, 0.15) is 57.9 Å². The Morgan fingerprint density at radius 3 is 2.52 bits per heavy atom. The molecule has 0 bridgehead atoms. The van der Waals surface area contributed by atoms with E-state index in [1.807, 2.05) is 0 Å². The third kappa shape index (κ3) is 4.35. The lowest BCUT2D eigenvalue weighted by atomic mass is 9.79. The fourth-order valence-corrected chi connectivity index (χ4v) is 6.37. The summed E-state index contributed by atoms with van der Waals surface area (Å²) in [5, 5.41) is 11.3. The maximum atomic E-state index is 13.1. The summed E-state index contributed by atoms with van der Waals surface area (Å²) < 4.78 is 5.55. The highest BCUT2D eigenvalue weighted by Crippen LogP contribution is 2.50. The molecule has 1 saturated carbocycles. The number of non-ortho nitro benzene ring substituents is 1. The smallest absolute Gasteiger partial charge is 0.356 e. The van der Waals surface area contributed by atoms with Gasteiger partial charge in [-0.05, 0) is 36.5 Å². The Bertz CT molecular complexity index is 905. The van der Waals surface area contributed by atoms with E-state index in [0.29, 0.717) is 16.5 Å². The normalized spacial score (nSPS) is 23.7. The van der Waals surface area contributed by atoms with E-state index in [1.54, 1.807) is 28.8 Å². The quantitative estimate of drug-likeness (QED) is 0.260. The van der Waals surface area contributed by atoms with Crippen molar-refractivity contribution in [1.29, 1.82) is 0 Å². The Morgan fingerprint density at radius 1 is 1.23 bits per heavy atom. The molecule has 2 heterocycles. The second-order valence-corrected chi connectivity index (χ2v) is 10.3. The number of carbonyl (C=O) groups is 2. The molecule has 3 aliphatic rings. The van der Waals surface area contributed by atoms with E-state index in [2.05, 4.69) is 13.8 Å². The SMILES string of the molecule is CC(C)C1C(=O)N2C(C(=O)OCc3ccc([N+](=O)[O-])cc3)=C(SC3CCCCC3)CC12. The molecule has 2 unspecified atom stereocenters. The summed E-state index contributed by atoms with van der Waals surface area (Å²) in [6.07, 6.45) is 6.72. The number of fused-ring (bicyclic) bond motifs is 1. The predicted molar refractivity (Wildman–Crippen MR) is 118 cm³/mol. The number of nitrogens with zero attached hydrogens (tertiary/aromatic N) is 2. The molecule has 7 nitrogen and oxygen atoms in total. The first-order valence-electron chi connectivity index (χ1n) is 11.0. The summed E-state index contributed by atoms with van der Waals surface area (Å²) >= 11 is 1.76. The van der Waals surface area contributed by atoms with Crippen molar-refractivity contribution >= 4 is 29.3 Å². The van der Waals surface area contributed by atoms with E-state index in [-0.39, 0.29) is 36.1 Å². The van der Waals surface area contributed by atoms with Crippen LogP contribution in [0.3, 0.4) is 0 Å². The molecule has 1 saturated heterocycles. The van der Waals surface area contributed by atoms with Crippen LogP contribution in [-0.4, -0.2) is 33.0 Å². The molecule has 0 radical (unpaired) electrons. The van der Waals surface area contributed by atoms with Crippen molar-refractivity contribution in [3.05, 3.63) is 50.5 Å². The molecular weight excluding hydrogens is 416 g/mol. The number of hydrogen-bond donors (Lipinski definition) is 0. The Kier molecular flexibility index (Phi) is 6.36. The molecule has 2 aliphatic heterocycles. The molecule has 2 fully saturated rings. The summed E-state index contributed by atoms with van der Waals surface area (Å²) in [6.45, 7) is 4.12. The van der Waals surface area contributed by atoms with Crippen molar-refractivity contribution in [2.45, 2.75) is 70.3 Å². The molecule has 0 N–H and O–H groups in total. The second-order valence-electron chi connectivity index (χ2n) is 8.90. The van der Waals surface area contributed by atoms with Gasteiger partial charge in [-0.15, -0.1) is 11.8 Å². The highest BCUT2D eigenvalue weighted by molar-refractivity contribution is 8.03. The fourth-order valence-electron chi connectivity index (χ4n) is 4.84. The molecule has 1 aliphatic carbocycles. The average Bonchev–Trinajstić information content (AvgIpc) is 3.06. The van der Waals surface area contributed by atoms with Gasteiger partial charge < -0.3 is 9.64 Å². The van der Waals surface area contributed by atoms with Crippen molar-refractivity contribution in [3.63, 3.8) is 0 Å². The molecule has 0 spiro atoms. The van der Waals surface area contributed by atoms with Crippen LogP contribution in [0.4, 0.5) is 5.69 Å². The standard InChI is InChI=1S/C23H28N2O5S/c1-14(2)20-18-12-19(31-17-6-4-3-5-7-17)21(24(18)22(20)26)23(27)30-13-15-8-10-16(11-9-15)25(28)29/h8-11,14,17-18,20H,3-7,12-13H2,1-2H3. The minimum absolute atomic E-state index is 0.00603. The predicted octanol–water partition coefficient (Wildman–Crippen LogP) is 4.80. The molecule has 166 valence electrons. The number of β-lactam (4-membered cyclic amide) rings is 1. The fraction of sp³-hybridized carbons (Fsp3) is 0.565. The number of esters is 1. The zero-order valence-electron chi connectivity index (χ0n) is 17.9. The molecular formula is C23H28N2O5S. The highest BCUT2D eigenvalue weighted by atomic mass is 32.2. The van der Waals surface area contributed by atoms with Gasteiger partial charge in [0.25, 0.3) is 5.69 Å². The van der Waals surface area contributed by atoms with Crippen LogP contribution in [0.15, 0.2) is 34.9 Å². The minimum atomic E-state index is -0.477. The minimum Gasteiger partial charge on any atom is -0.456 e. The van der Waals surface area contributed by atoms with Gasteiger partial charge in [-0.2, -0.15) is 0 Å². The van der Waals surface area contributed by atoms with Crippen LogP contribution in [-0.2, 0) is 20.9 Å². The Labute approximate surface area is 186 Å².